The zero-order valence-corrected chi connectivity index (χ0v) is 13.1. The van der Waals surface area contributed by atoms with Gasteiger partial charge in [-0.15, -0.1) is 0 Å². The van der Waals surface area contributed by atoms with Crippen molar-refractivity contribution >= 4 is 35.0 Å². The van der Waals surface area contributed by atoms with Crippen molar-refractivity contribution in [2.75, 3.05) is 26.3 Å². The minimum atomic E-state index is -0.623. The van der Waals surface area contributed by atoms with E-state index in [2.05, 4.69) is 5.32 Å². The number of hydrogen-bond acceptors (Lipinski definition) is 3. The molecule has 0 radical (unpaired) electrons. The normalized spacial score (nSPS) is 16.4. The topological polar surface area (TPSA) is 58.6 Å². The van der Waals surface area contributed by atoms with Crippen molar-refractivity contribution in [3.8, 4) is 0 Å². The first kappa shape index (κ1) is 16.1. The number of ether oxygens (including phenoxy) is 1. The van der Waals surface area contributed by atoms with Crippen LogP contribution in [0.4, 0.5) is 0 Å². The van der Waals surface area contributed by atoms with Crippen LogP contribution in [-0.2, 0) is 9.53 Å². The molecule has 0 aliphatic carbocycles. The summed E-state index contributed by atoms with van der Waals surface area (Å²) in [6.07, 6.45) is 0. The van der Waals surface area contributed by atoms with Gasteiger partial charge in [-0.1, -0.05) is 23.2 Å². The Balaban J connectivity index is 1.99. The van der Waals surface area contributed by atoms with Gasteiger partial charge in [-0.3, -0.25) is 9.59 Å². The Morgan fingerprint density at radius 1 is 1.29 bits per heavy atom. The molecule has 1 N–H and O–H groups in total. The summed E-state index contributed by atoms with van der Waals surface area (Å²) in [4.78, 5) is 26.0. The zero-order valence-electron chi connectivity index (χ0n) is 11.6. The van der Waals surface area contributed by atoms with Gasteiger partial charge < -0.3 is 15.0 Å². The molecule has 0 spiro atoms. The third kappa shape index (κ3) is 4.09. The first-order chi connectivity index (χ1) is 9.99. The SMILES string of the molecule is C[C@H](NC(=O)c1ccc(Cl)cc1Cl)C(=O)N1CCOCC1. The summed E-state index contributed by atoms with van der Waals surface area (Å²) < 4.78 is 5.20. The van der Waals surface area contributed by atoms with E-state index in [9.17, 15) is 9.59 Å². The number of amides is 2. The number of morpholine rings is 1. The van der Waals surface area contributed by atoms with Crippen LogP contribution in [0.5, 0.6) is 0 Å². The monoisotopic (exact) mass is 330 g/mol. The number of halogens is 2. The average Bonchev–Trinajstić information content (AvgIpc) is 2.47. The largest absolute Gasteiger partial charge is 0.378 e. The Hall–Kier alpha value is -1.30. The summed E-state index contributed by atoms with van der Waals surface area (Å²) in [6.45, 7) is 3.78. The third-order valence-corrected chi connectivity index (χ3v) is 3.76. The highest BCUT2D eigenvalue weighted by Crippen LogP contribution is 2.21. The molecule has 21 heavy (non-hydrogen) atoms. The highest BCUT2D eigenvalue weighted by molar-refractivity contribution is 6.36. The van der Waals surface area contributed by atoms with Crippen molar-refractivity contribution in [2.45, 2.75) is 13.0 Å². The molecule has 2 rings (SSSR count). The molecule has 1 atom stereocenters. The van der Waals surface area contributed by atoms with E-state index in [0.29, 0.717) is 36.9 Å². The van der Waals surface area contributed by atoms with E-state index in [1.807, 2.05) is 0 Å². The lowest BCUT2D eigenvalue weighted by molar-refractivity contribution is -0.136. The number of benzene rings is 1. The molecule has 1 aromatic carbocycles. The summed E-state index contributed by atoms with van der Waals surface area (Å²) in [7, 11) is 0. The molecule has 7 heteroatoms. The Bertz CT molecular complexity index is 545. The van der Waals surface area contributed by atoms with Gasteiger partial charge in [0.15, 0.2) is 0 Å². The molecule has 1 aromatic rings. The van der Waals surface area contributed by atoms with Crippen molar-refractivity contribution in [1.29, 1.82) is 0 Å². The molecular weight excluding hydrogens is 315 g/mol. The molecule has 0 unspecified atom stereocenters. The van der Waals surface area contributed by atoms with E-state index in [0.717, 1.165) is 0 Å². The van der Waals surface area contributed by atoms with Crippen molar-refractivity contribution < 1.29 is 14.3 Å². The smallest absolute Gasteiger partial charge is 0.253 e. The quantitative estimate of drug-likeness (QED) is 0.921. The minimum absolute atomic E-state index is 0.128. The van der Waals surface area contributed by atoms with Gasteiger partial charge in [0.2, 0.25) is 5.91 Å². The lowest BCUT2D eigenvalue weighted by atomic mass is 10.2. The second kappa shape index (κ2) is 7.11. The van der Waals surface area contributed by atoms with Gasteiger partial charge in [-0.05, 0) is 25.1 Å². The van der Waals surface area contributed by atoms with E-state index in [1.165, 1.54) is 12.1 Å². The van der Waals surface area contributed by atoms with E-state index in [1.54, 1.807) is 17.9 Å². The molecule has 1 saturated heterocycles. The van der Waals surface area contributed by atoms with Gasteiger partial charge in [-0.2, -0.15) is 0 Å². The predicted octanol–water partition coefficient (Wildman–Crippen LogP) is 1.97. The van der Waals surface area contributed by atoms with Crippen LogP contribution < -0.4 is 5.32 Å². The van der Waals surface area contributed by atoms with Gasteiger partial charge in [0.05, 0.1) is 23.8 Å². The van der Waals surface area contributed by atoms with Crippen LogP contribution in [0.15, 0.2) is 18.2 Å². The van der Waals surface area contributed by atoms with Crippen LogP contribution in [0.3, 0.4) is 0 Å². The van der Waals surface area contributed by atoms with Gasteiger partial charge in [0, 0.05) is 18.1 Å². The molecule has 1 heterocycles. The number of carbonyl (C=O) groups is 2. The fraction of sp³-hybridized carbons (Fsp3) is 0.429. The fourth-order valence-electron chi connectivity index (χ4n) is 2.07. The van der Waals surface area contributed by atoms with Crippen LogP contribution >= 0.6 is 23.2 Å². The van der Waals surface area contributed by atoms with Crippen molar-refractivity contribution in [3.63, 3.8) is 0 Å². The zero-order chi connectivity index (χ0) is 15.4. The Kier molecular flexibility index (Phi) is 5.45. The van der Waals surface area contributed by atoms with Crippen molar-refractivity contribution in [2.24, 2.45) is 0 Å². The Labute approximate surface area is 133 Å². The van der Waals surface area contributed by atoms with Crippen LogP contribution in [0.2, 0.25) is 10.0 Å². The van der Waals surface area contributed by atoms with Gasteiger partial charge >= 0.3 is 0 Å². The molecule has 114 valence electrons. The molecule has 1 aliphatic rings. The number of nitrogens with zero attached hydrogens (tertiary/aromatic N) is 1. The number of rotatable bonds is 3. The summed E-state index contributed by atoms with van der Waals surface area (Å²) >= 11 is 11.8. The summed E-state index contributed by atoms with van der Waals surface area (Å²) in [5.74, 6) is -0.525. The second-order valence-corrected chi connectivity index (χ2v) is 5.60. The van der Waals surface area contributed by atoms with Gasteiger partial charge in [0.1, 0.15) is 6.04 Å². The lowest BCUT2D eigenvalue weighted by Crippen LogP contribution is -2.50. The molecule has 0 aromatic heterocycles. The standard InChI is InChI=1S/C14H16Cl2N2O3/c1-9(14(20)18-4-6-21-7-5-18)17-13(19)11-3-2-10(15)8-12(11)16/h2-3,8-9H,4-7H2,1H3,(H,17,19)/t9-/m0/s1. The number of nitrogens with one attached hydrogen (secondary N) is 1. The van der Waals surface area contributed by atoms with E-state index >= 15 is 0 Å². The van der Waals surface area contributed by atoms with E-state index in [4.69, 9.17) is 27.9 Å². The molecule has 1 aliphatic heterocycles. The first-order valence-corrected chi connectivity index (χ1v) is 7.37. The van der Waals surface area contributed by atoms with Crippen LogP contribution in [0.25, 0.3) is 0 Å². The lowest BCUT2D eigenvalue weighted by Gasteiger charge is -2.29. The van der Waals surface area contributed by atoms with Crippen molar-refractivity contribution in [3.05, 3.63) is 33.8 Å². The predicted molar refractivity (Wildman–Crippen MR) is 80.8 cm³/mol. The molecule has 2 amide bonds. The summed E-state index contributed by atoms with van der Waals surface area (Å²) in [5, 5.41) is 3.36. The average molecular weight is 331 g/mol. The molecule has 1 fully saturated rings. The van der Waals surface area contributed by atoms with E-state index in [-0.39, 0.29) is 10.9 Å². The van der Waals surface area contributed by atoms with Crippen molar-refractivity contribution in [1.82, 2.24) is 10.2 Å². The maximum atomic E-state index is 12.2. The third-order valence-electron chi connectivity index (χ3n) is 3.22. The summed E-state index contributed by atoms with van der Waals surface area (Å²) in [5.41, 5.74) is 0.294. The molecule has 0 bridgehead atoms. The maximum Gasteiger partial charge on any atom is 0.253 e. The van der Waals surface area contributed by atoms with Crippen LogP contribution in [0, 0.1) is 0 Å². The van der Waals surface area contributed by atoms with Gasteiger partial charge in [0.25, 0.3) is 5.91 Å². The number of hydrogen-bond donors (Lipinski definition) is 1. The minimum Gasteiger partial charge on any atom is -0.378 e. The molecule has 5 nitrogen and oxygen atoms in total. The van der Waals surface area contributed by atoms with Gasteiger partial charge in [-0.25, -0.2) is 0 Å². The van der Waals surface area contributed by atoms with Crippen LogP contribution in [0.1, 0.15) is 17.3 Å². The van der Waals surface area contributed by atoms with E-state index < -0.39 is 11.9 Å². The highest BCUT2D eigenvalue weighted by atomic mass is 35.5. The maximum absolute atomic E-state index is 12.2. The first-order valence-electron chi connectivity index (χ1n) is 6.61. The highest BCUT2D eigenvalue weighted by Gasteiger charge is 2.24. The Morgan fingerprint density at radius 2 is 1.95 bits per heavy atom. The second-order valence-electron chi connectivity index (χ2n) is 4.76. The fourth-order valence-corrected chi connectivity index (χ4v) is 2.56. The summed E-state index contributed by atoms with van der Waals surface area (Å²) in [6, 6.07) is 3.98. The molecular formula is C14H16Cl2N2O3. The van der Waals surface area contributed by atoms with Crippen LogP contribution in [-0.4, -0.2) is 49.1 Å². The number of carbonyl (C=O) groups excluding carboxylic acids is 2. The molecule has 0 saturated carbocycles. The Morgan fingerprint density at radius 3 is 2.57 bits per heavy atom.